The summed E-state index contributed by atoms with van der Waals surface area (Å²) in [5, 5.41) is 10.7. The van der Waals surface area contributed by atoms with E-state index in [2.05, 4.69) is 21.3 Å². The van der Waals surface area contributed by atoms with Crippen molar-refractivity contribution in [2.75, 3.05) is 38.1 Å². The van der Waals surface area contributed by atoms with Gasteiger partial charge in [-0.15, -0.1) is 0 Å². The lowest BCUT2D eigenvalue weighted by Crippen LogP contribution is -2.58. The van der Waals surface area contributed by atoms with Gasteiger partial charge >= 0.3 is 6.03 Å². The topological polar surface area (TPSA) is 158 Å². The van der Waals surface area contributed by atoms with Crippen LogP contribution in [0.2, 0.25) is 0 Å². The zero-order chi connectivity index (χ0) is 39.2. The highest BCUT2D eigenvalue weighted by Crippen LogP contribution is 2.21. The Balaban J connectivity index is 1.39. The van der Waals surface area contributed by atoms with E-state index in [-0.39, 0.29) is 24.7 Å². The molecule has 0 radical (unpaired) electrons. The number of urea groups is 1. The van der Waals surface area contributed by atoms with Crippen LogP contribution in [0.1, 0.15) is 25.0 Å². The van der Waals surface area contributed by atoms with Crippen LogP contribution in [-0.2, 0) is 32.0 Å². The van der Waals surface area contributed by atoms with Crippen LogP contribution in [-0.4, -0.2) is 82.1 Å². The zero-order valence-corrected chi connectivity index (χ0v) is 31.4. The van der Waals surface area contributed by atoms with Gasteiger partial charge in [0.2, 0.25) is 23.6 Å². The molecule has 0 saturated heterocycles. The number of hydrogen-bond acceptors (Lipinski definition) is 7. The molecule has 0 spiro atoms. The van der Waals surface area contributed by atoms with Crippen molar-refractivity contribution in [3.05, 3.63) is 120 Å². The maximum Gasteiger partial charge on any atom is 0.316 e. The molecule has 4 N–H and O–H groups in total. The van der Waals surface area contributed by atoms with Crippen molar-refractivity contribution < 1.29 is 33.4 Å². The molecule has 0 bridgehead atoms. The van der Waals surface area contributed by atoms with E-state index >= 15 is 0 Å². The number of carbonyl (C=O) groups excluding carboxylic acids is 5. The third kappa shape index (κ3) is 11.3. The number of benzene rings is 4. The zero-order valence-electron chi connectivity index (χ0n) is 31.4. The number of anilines is 2. The summed E-state index contributed by atoms with van der Waals surface area (Å²) in [5.74, 6) is -0.661. The van der Waals surface area contributed by atoms with E-state index in [1.165, 1.54) is 23.6 Å². The van der Waals surface area contributed by atoms with Gasteiger partial charge in [-0.05, 0) is 73.5 Å². The Morgan fingerprint density at radius 2 is 0.852 bits per heavy atom. The molecule has 4 aromatic carbocycles. The summed E-state index contributed by atoms with van der Waals surface area (Å²) < 4.78 is 10.4. The third-order valence-electron chi connectivity index (χ3n) is 8.86. The van der Waals surface area contributed by atoms with E-state index in [9.17, 15) is 24.0 Å². The van der Waals surface area contributed by atoms with Crippen molar-refractivity contribution in [2.45, 2.75) is 50.9 Å². The van der Waals surface area contributed by atoms with Crippen molar-refractivity contribution in [3.8, 4) is 11.5 Å². The second-order valence-electron chi connectivity index (χ2n) is 12.8. The lowest BCUT2D eigenvalue weighted by molar-refractivity contribution is -0.128. The van der Waals surface area contributed by atoms with E-state index in [0.717, 1.165) is 11.1 Å². The van der Waals surface area contributed by atoms with E-state index in [1.807, 2.05) is 60.7 Å². The molecule has 0 unspecified atom stereocenters. The molecule has 0 fully saturated rings. The third-order valence-corrected chi connectivity index (χ3v) is 8.86. The lowest BCUT2D eigenvalue weighted by Gasteiger charge is -2.27. The predicted molar refractivity (Wildman–Crippen MR) is 208 cm³/mol. The molecule has 0 aromatic heterocycles. The monoisotopic (exact) mass is 736 g/mol. The van der Waals surface area contributed by atoms with Crippen LogP contribution in [0.3, 0.4) is 0 Å². The number of likely N-dealkylation sites (N-methyl/N-ethyl adjacent to an activating group) is 2. The van der Waals surface area contributed by atoms with Gasteiger partial charge in [-0.2, -0.15) is 0 Å². The molecule has 4 atom stereocenters. The smallest absolute Gasteiger partial charge is 0.316 e. The molecule has 13 heteroatoms. The van der Waals surface area contributed by atoms with Gasteiger partial charge < -0.3 is 40.5 Å². The number of ether oxygens (including phenoxy) is 2. The van der Waals surface area contributed by atoms with Gasteiger partial charge in [-0.3, -0.25) is 19.2 Å². The maximum absolute atomic E-state index is 13.7. The lowest BCUT2D eigenvalue weighted by atomic mass is 10.0. The van der Waals surface area contributed by atoms with Crippen LogP contribution >= 0.6 is 0 Å². The van der Waals surface area contributed by atoms with Gasteiger partial charge in [-0.25, -0.2) is 4.79 Å². The van der Waals surface area contributed by atoms with Crippen LogP contribution in [0, 0.1) is 0 Å². The Morgan fingerprint density at radius 1 is 0.519 bits per heavy atom. The second-order valence-corrected chi connectivity index (χ2v) is 12.8. The van der Waals surface area contributed by atoms with Crippen molar-refractivity contribution in [3.63, 3.8) is 0 Å². The summed E-state index contributed by atoms with van der Waals surface area (Å²) >= 11 is 0. The summed E-state index contributed by atoms with van der Waals surface area (Å²) in [5.41, 5.74) is 2.87. The van der Waals surface area contributed by atoms with Gasteiger partial charge in [0.15, 0.2) is 0 Å². The second kappa shape index (κ2) is 19.5. The highest BCUT2D eigenvalue weighted by Gasteiger charge is 2.30. The molecular formula is C41H48N6O7. The van der Waals surface area contributed by atoms with Gasteiger partial charge in [0.25, 0.3) is 0 Å². The minimum atomic E-state index is -1.08. The van der Waals surface area contributed by atoms with Gasteiger partial charge in [0.1, 0.15) is 35.7 Å². The Labute approximate surface area is 316 Å². The van der Waals surface area contributed by atoms with Crippen LogP contribution in [0.5, 0.6) is 11.5 Å². The van der Waals surface area contributed by atoms with E-state index in [4.69, 9.17) is 9.47 Å². The first-order valence-electron chi connectivity index (χ1n) is 17.5. The maximum atomic E-state index is 13.7. The normalized spacial score (nSPS) is 12.9. The Hall–Kier alpha value is -6.37. The van der Waals surface area contributed by atoms with Gasteiger partial charge in [0, 0.05) is 38.3 Å². The molecule has 0 aliphatic heterocycles. The first-order valence-corrected chi connectivity index (χ1v) is 17.5. The average Bonchev–Trinajstić information content (AvgIpc) is 3.19. The summed E-state index contributed by atoms with van der Waals surface area (Å²) in [6, 6.07) is 27.5. The molecule has 0 saturated carbocycles. The number of nitrogens with zero attached hydrogens (tertiary/aromatic N) is 2. The fraction of sp³-hybridized carbons (Fsp3) is 0.293. The fourth-order valence-corrected chi connectivity index (χ4v) is 5.59. The SMILES string of the molecule is COc1ccc(N(C)C(=O)[C@H](Cc2ccccc2)NC(=O)[C@H](C)NC(=O)N[C@@H](C)C(=O)N[C@@H](Cc2ccccc2)C(=O)N(C)c2ccc(OC)cc2)cc1. The molecule has 54 heavy (non-hydrogen) atoms. The fourth-order valence-electron chi connectivity index (χ4n) is 5.59. The molecule has 4 aromatic rings. The van der Waals surface area contributed by atoms with Crippen molar-refractivity contribution in [1.82, 2.24) is 21.3 Å². The Bertz CT molecular complexity index is 1720. The highest BCUT2D eigenvalue weighted by molar-refractivity contribution is 6.01. The first kappa shape index (κ1) is 40.4. The summed E-state index contributed by atoms with van der Waals surface area (Å²) in [6.45, 7) is 2.95. The molecule has 0 aliphatic carbocycles. The van der Waals surface area contributed by atoms with Crippen molar-refractivity contribution in [2.24, 2.45) is 0 Å². The largest absolute Gasteiger partial charge is 0.497 e. The minimum absolute atomic E-state index is 0.207. The summed E-state index contributed by atoms with van der Waals surface area (Å²) in [7, 11) is 6.34. The predicted octanol–water partition coefficient (Wildman–Crippen LogP) is 3.86. The number of hydrogen-bond donors (Lipinski definition) is 4. The minimum Gasteiger partial charge on any atom is -0.497 e. The van der Waals surface area contributed by atoms with E-state index in [1.54, 1.807) is 76.8 Å². The van der Waals surface area contributed by atoms with Crippen LogP contribution < -0.4 is 40.5 Å². The molecule has 0 aliphatic rings. The Kier molecular flexibility index (Phi) is 14.6. The van der Waals surface area contributed by atoms with E-state index < -0.39 is 42.0 Å². The number of nitrogens with one attached hydrogen (secondary N) is 4. The van der Waals surface area contributed by atoms with Crippen LogP contribution in [0.15, 0.2) is 109 Å². The van der Waals surface area contributed by atoms with Crippen molar-refractivity contribution in [1.29, 1.82) is 0 Å². The quantitative estimate of drug-likeness (QED) is 0.136. The molecular weight excluding hydrogens is 688 g/mol. The summed E-state index contributed by atoms with van der Waals surface area (Å²) in [6.07, 6.45) is 0.414. The molecule has 6 amide bonds. The molecule has 4 rings (SSSR count). The number of amides is 6. The van der Waals surface area contributed by atoms with Gasteiger partial charge in [0.05, 0.1) is 14.2 Å². The Morgan fingerprint density at radius 3 is 1.17 bits per heavy atom. The standard InChI is InChI=1S/C41H48N6O7/c1-27(37(48)44-35(25-29-13-9-7-10-14-29)39(50)46(3)31-17-21-33(53-5)22-18-31)42-41(52)43-28(2)38(49)45-36(26-30-15-11-8-12-16-30)40(51)47(4)32-19-23-34(54-6)24-20-32/h7-24,27-28,35-36H,25-26H2,1-6H3,(H,44,48)(H,45,49)(H2,42,43,52)/t27-,28-,35-,36-/m0/s1. The molecule has 0 heterocycles. The van der Waals surface area contributed by atoms with Gasteiger partial charge in [-0.1, -0.05) is 60.7 Å². The molecule has 13 nitrogen and oxygen atoms in total. The van der Waals surface area contributed by atoms with Crippen LogP contribution in [0.25, 0.3) is 0 Å². The number of rotatable bonds is 16. The van der Waals surface area contributed by atoms with Crippen molar-refractivity contribution >= 4 is 41.0 Å². The van der Waals surface area contributed by atoms with E-state index in [0.29, 0.717) is 22.9 Å². The number of carbonyl (C=O) groups is 5. The summed E-state index contributed by atoms with van der Waals surface area (Å²) in [4.78, 5) is 70.1. The molecule has 284 valence electrons. The highest BCUT2D eigenvalue weighted by atomic mass is 16.5. The first-order chi connectivity index (χ1) is 25.9. The van der Waals surface area contributed by atoms with Crippen LogP contribution in [0.4, 0.5) is 16.2 Å². The average molecular weight is 737 g/mol. The number of methoxy groups -OCH3 is 2.